The molecule has 3 unspecified atom stereocenters. The van der Waals surface area contributed by atoms with Crippen molar-refractivity contribution in [3.05, 3.63) is 47.4 Å². The van der Waals surface area contributed by atoms with E-state index in [9.17, 15) is 4.79 Å². The van der Waals surface area contributed by atoms with Crippen molar-refractivity contribution in [1.82, 2.24) is 14.9 Å². The maximum Gasteiger partial charge on any atom is 0.257 e. The second-order valence-electron chi connectivity index (χ2n) is 8.74. The molecule has 0 bridgehead atoms. The average Bonchev–Trinajstić information content (AvgIpc) is 3.38. The molecule has 1 aliphatic carbocycles. The van der Waals surface area contributed by atoms with Crippen LogP contribution in [-0.2, 0) is 0 Å². The van der Waals surface area contributed by atoms with Gasteiger partial charge in [0.15, 0.2) is 0 Å². The Morgan fingerprint density at radius 1 is 1.10 bits per heavy atom. The molecule has 31 heavy (non-hydrogen) atoms. The number of fused-ring (bicyclic) bond motifs is 2. The van der Waals surface area contributed by atoms with Crippen LogP contribution in [0.25, 0.3) is 6.08 Å². The van der Waals surface area contributed by atoms with Gasteiger partial charge in [0.25, 0.3) is 5.91 Å². The van der Waals surface area contributed by atoms with Gasteiger partial charge in [0.2, 0.25) is 0 Å². The molecule has 2 saturated heterocycles. The van der Waals surface area contributed by atoms with Crippen LogP contribution in [0.4, 0.5) is 5.82 Å². The monoisotopic (exact) mass is 420 g/mol. The molecule has 2 aliphatic heterocycles. The quantitative estimate of drug-likeness (QED) is 0.757. The molecule has 162 valence electrons. The van der Waals surface area contributed by atoms with Gasteiger partial charge in [-0.05, 0) is 24.6 Å². The zero-order chi connectivity index (χ0) is 21.5. The molecule has 7 nitrogen and oxygen atoms in total. The van der Waals surface area contributed by atoms with Gasteiger partial charge in [-0.15, -0.1) is 0 Å². The Bertz CT molecular complexity index is 1020. The molecular weight excluding hydrogens is 392 g/mol. The van der Waals surface area contributed by atoms with Crippen molar-refractivity contribution in [2.45, 2.75) is 19.3 Å². The highest BCUT2D eigenvalue weighted by Gasteiger charge is 2.42. The summed E-state index contributed by atoms with van der Waals surface area (Å²) in [5, 5.41) is 0. The lowest BCUT2D eigenvalue weighted by Crippen LogP contribution is -2.33. The summed E-state index contributed by atoms with van der Waals surface area (Å²) in [4.78, 5) is 27.1. The molecule has 1 aromatic heterocycles. The van der Waals surface area contributed by atoms with Gasteiger partial charge in [0.05, 0.1) is 37.4 Å². The van der Waals surface area contributed by atoms with Crippen LogP contribution in [0.3, 0.4) is 0 Å². The van der Waals surface area contributed by atoms with Gasteiger partial charge in [-0.3, -0.25) is 9.78 Å². The number of rotatable bonds is 4. The number of allylic oxidation sites excluding steroid dienone is 1. The number of ether oxygens (including phenoxy) is 2. The highest BCUT2D eigenvalue weighted by atomic mass is 16.5. The predicted molar refractivity (Wildman–Crippen MR) is 119 cm³/mol. The number of anilines is 1. The van der Waals surface area contributed by atoms with E-state index >= 15 is 0 Å². The average molecular weight is 421 g/mol. The van der Waals surface area contributed by atoms with Crippen molar-refractivity contribution in [3.63, 3.8) is 0 Å². The molecule has 0 spiro atoms. The van der Waals surface area contributed by atoms with Crippen LogP contribution in [0.5, 0.6) is 11.5 Å². The third-order valence-electron chi connectivity index (χ3n) is 6.79. The molecule has 2 aromatic rings. The van der Waals surface area contributed by atoms with E-state index in [1.807, 2.05) is 11.1 Å². The van der Waals surface area contributed by atoms with Crippen LogP contribution >= 0.6 is 0 Å². The molecular formula is C24H28N4O3. The Kier molecular flexibility index (Phi) is 5.04. The van der Waals surface area contributed by atoms with Gasteiger partial charge in [0.1, 0.15) is 17.3 Å². The Balaban J connectivity index is 1.28. The number of likely N-dealkylation sites (tertiary alicyclic amines) is 1. The SMILES string of the molecule is COc1ccc(C(=O)N2CC3CN(c4cnc5c(n4)C(C)CC=C5)CC3C2)c(OC)c1. The maximum atomic E-state index is 13.2. The zero-order valence-corrected chi connectivity index (χ0v) is 18.2. The smallest absolute Gasteiger partial charge is 0.257 e. The van der Waals surface area contributed by atoms with E-state index in [1.165, 1.54) is 0 Å². The third-order valence-corrected chi connectivity index (χ3v) is 6.79. The molecule has 0 radical (unpaired) electrons. The fourth-order valence-electron chi connectivity index (χ4n) is 5.03. The number of methoxy groups -OCH3 is 2. The van der Waals surface area contributed by atoms with Gasteiger partial charge >= 0.3 is 0 Å². The fourth-order valence-corrected chi connectivity index (χ4v) is 5.03. The third kappa shape index (κ3) is 3.52. The molecule has 3 aliphatic rings. The molecule has 0 N–H and O–H groups in total. The first-order valence-corrected chi connectivity index (χ1v) is 10.9. The second-order valence-corrected chi connectivity index (χ2v) is 8.74. The Morgan fingerprint density at radius 2 is 1.87 bits per heavy atom. The van der Waals surface area contributed by atoms with Crippen LogP contribution in [0, 0.1) is 11.8 Å². The summed E-state index contributed by atoms with van der Waals surface area (Å²) in [5.74, 6) is 3.52. The van der Waals surface area contributed by atoms with Gasteiger partial charge in [-0.1, -0.05) is 13.0 Å². The van der Waals surface area contributed by atoms with Gasteiger partial charge < -0.3 is 19.3 Å². The van der Waals surface area contributed by atoms with Crippen molar-refractivity contribution >= 4 is 17.8 Å². The number of carbonyl (C=O) groups excluding carboxylic acids is 1. The van der Waals surface area contributed by atoms with Crippen molar-refractivity contribution in [3.8, 4) is 11.5 Å². The first-order chi connectivity index (χ1) is 15.1. The minimum atomic E-state index is 0.0228. The van der Waals surface area contributed by atoms with Gasteiger partial charge in [-0.25, -0.2) is 4.98 Å². The summed E-state index contributed by atoms with van der Waals surface area (Å²) >= 11 is 0. The van der Waals surface area contributed by atoms with Crippen LogP contribution in [0.1, 0.15) is 41.0 Å². The number of hydrogen-bond donors (Lipinski definition) is 0. The molecule has 5 rings (SSSR count). The number of hydrogen-bond acceptors (Lipinski definition) is 6. The van der Waals surface area contributed by atoms with E-state index in [0.717, 1.165) is 49.8 Å². The minimum absolute atomic E-state index is 0.0228. The van der Waals surface area contributed by atoms with E-state index in [1.54, 1.807) is 32.4 Å². The van der Waals surface area contributed by atoms with Gasteiger partial charge in [0, 0.05) is 50.0 Å². The lowest BCUT2D eigenvalue weighted by molar-refractivity contribution is 0.0779. The molecule has 7 heteroatoms. The standard InChI is InChI=1S/C24H28N4O3/c1-15-5-4-6-20-23(15)26-22(10-25-20)27-11-16-13-28(14-17(16)12-27)24(29)19-8-7-18(30-2)9-21(19)31-3/h4,6-10,15-17H,5,11-14H2,1-3H3. The van der Waals surface area contributed by atoms with Crippen molar-refractivity contribution in [1.29, 1.82) is 0 Å². The molecule has 1 aromatic carbocycles. The molecule has 1 amide bonds. The summed E-state index contributed by atoms with van der Waals surface area (Å²) in [6.07, 6.45) is 7.16. The lowest BCUT2D eigenvalue weighted by Gasteiger charge is -2.24. The Morgan fingerprint density at radius 3 is 2.58 bits per heavy atom. The van der Waals surface area contributed by atoms with Gasteiger partial charge in [-0.2, -0.15) is 0 Å². The summed E-state index contributed by atoms with van der Waals surface area (Å²) in [6, 6.07) is 5.36. The van der Waals surface area contributed by atoms with E-state index in [0.29, 0.717) is 34.8 Å². The van der Waals surface area contributed by atoms with Crippen molar-refractivity contribution in [2.75, 3.05) is 45.3 Å². The highest BCUT2D eigenvalue weighted by molar-refractivity contribution is 5.97. The zero-order valence-electron chi connectivity index (χ0n) is 18.2. The second kappa shape index (κ2) is 7.87. The fraction of sp³-hybridized carbons (Fsp3) is 0.458. The molecule has 0 saturated carbocycles. The van der Waals surface area contributed by atoms with Crippen LogP contribution in [0.15, 0.2) is 30.5 Å². The summed E-state index contributed by atoms with van der Waals surface area (Å²) in [6.45, 7) is 5.54. The molecule has 2 fully saturated rings. The lowest BCUT2D eigenvalue weighted by atomic mass is 9.96. The molecule has 3 atom stereocenters. The molecule has 3 heterocycles. The Hall–Kier alpha value is -3.09. The summed E-state index contributed by atoms with van der Waals surface area (Å²) in [5.41, 5.74) is 2.68. The number of benzene rings is 1. The number of nitrogens with zero attached hydrogens (tertiary/aromatic N) is 4. The largest absolute Gasteiger partial charge is 0.497 e. The van der Waals surface area contributed by atoms with Crippen LogP contribution in [-0.4, -0.2) is 61.2 Å². The number of aromatic nitrogens is 2. The number of carbonyl (C=O) groups is 1. The van der Waals surface area contributed by atoms with E-state index in [4.69, 9.17) is 14.5 Å². The van der Waals surface area contributed by atoms with Crippen LogP contribution < -0.4 is 14.4 Å². The summed E-state index contributed by atoms with van der Waals surface area (Å²) in [7, 11) is 3.19. The number of amides is 1. The first kappa shape index (κ1) is 19.8. The van der Waals surface area contributed by atoms with E-state index in [2.05, 4.69) is 29.0 Å². The normalized spacial score (nSPS) is 24.2. The van der Waals surface area contributed by atoms with E-state index < -0.39 is 0 Å². The van der Waals surface area contributed by atoms with Crippen molar-refractivity contribution < 1.29 is 14.3 Å². The Labute approximate surface area is 182 Å². The highest BCUT2D eigenvalue weighted by Crippen LogP contribution is 2.36. The van der Waals surface area contributed by atoms with E-state index in [-0.39, 0.29) is 5.91 Å². The predicted octanol–water partition coefficient (Wildman–Crippen LogP) is 3.22. The van der Waals surface area contributed by atoms with Crippen molar-refractivity contribution in [2.24, 2.45) is 11.8 Å². The first-order valence-electron chi connectivity index (χ1n) is 10.9. The minimum Gasteiger partial charge on any atom is -0.497 e. The van der Waals surface area contributed by atoms with Crippen LogP contribution in [0.2, 0.25) is 0 Å². The summed E-state index contributed by atoms with van der Waals surface area (Å²) < 4.78 is 10.7. The topological polar surface area (TPSA) is 67.8 Å². The maximum absolute atomic E-state index is 13.2.